The zero-order valence-corrected chi connectivity index (χ0v) is 17.9. The van der Waals surface area contributed by atoms with Crippen molar-refractivity contribution in [3.8, 4) is 0 Å². The number of hydrogen-bond acceptors (Lipinski definition) is 4. The van der Waals surface area contributed by atoms with Gasteiger partial charge in [0.2, 0.25) is 5.91 Å². The zero-order chi connectivity index (χ0) is 21.5. The summed E-state index contributed by atoms with van der Waals surface area (Å²) in [7, 11) is 0. The molecule has 2 fully saturated rings. The number of benzene rings is 2. The van der Waals surface area contributed by atoms with Gasteiger partial charge >= 0.3 is 0 Å². The van der Waals surface area contributed by atoms with Crippen molar-refractivity contribution in [2.75, 3.05) is 31.1 Å². The summed E-state index contributed by atoms with van der Waals surface area (Å²) in [5, 5.41) is 6.20. The molecule has 0 bridgehead atoms. The summed E-state index contributed by atoms with van der Waals surface area (Å²) >= 11 is 0. The molecule has 6 nitrogen and oxygen atoms in total. The number of nitrogens with one attached hydrogen (secondary N) is 2. The van der Waals surface area contributed by atoms with Crippen LogP contribution >= 0.6 is 0 Å². The Balaban J connectivity index is 1.29. The first-order valence-electron chi connectivity index (χ1n) is 11.3. The minimum atomic E-state index is -0.0515. The molecule has 2 aromatic rings. The van der Waals surface area contributed by atoms with Gasteiger partial charge in [-0.2, -0.15) is 0 Å². The Morgan fingerprint density at radius 1 is 0.968 bits per heavy atom. The second-order valence-electron chi connectivity index (χ2n) is 8.35. The van der Waals surface area contributed by atoms with Gasteiger partial charge in [-0.1, -0.05) is 42.5 Å². The number of para-hydroxylation sites is 1. The number of hydrogen-bond donors (Lipinski definition) is 2. The molecule has 0 saturated carbocycles. The maximum Gasteiger partial charge on any atom is 0.253 e. The number of anilines is 1. The fourth-order valence-corrected chi connectivity index (χ4v) is 4.37. The molecule has 0 aliphatic carbocycles. The Labute approximate surface area is 184 Å². The van der Waals surface area contributed by atoms with Gasteiger partial charge in [-0.05, 0) is 43.4 Å². The average molecular weight is 422 g/mol. The van der Waals surface area contributed by atoms with E-state index in [0.717, 1.165) is 56.6 Å². The second kappa shape index (κ2) is 10.4. The molecule has 6 heteroatoms. The highest BCUT2D eigenvalue weighted by Gasteiger charge is 2.24. The SMILES string of the molecule is O=C(Cc1ccccc1)NC1CCN(c2ccccc2C(=O)NCC2CCCO2)CC1. The lowest BCUT2D eigenvalue weighted by molar-refractivity contribution is -0.121. The van der Waals surface area contributed by atoms with Crippen LogP contribution in [0.15, 0.2) is 54.6 Å². The van der Waals surface area contributed by atoms with Crippen LogP contribution in [0.1, 0.15) is 41.6 Å². The molecule has 2 heterocycles. The molecule has 2 aliphatic heterocycles. The Kier molecular flexibility index (Phi) is 7.20. The quantitative estimate of drug-likeness (QED) is 0.721. The van der Waals surface area contributed by atoms with Crippen LogP contribution in [-0.4, -0.2) is 50.2 Å². The van der Waals surface area contributed by atoms with E-state index in [9.17, 15) is 9.59 Å². The van der Waals surface area contributed by atoms with Gasteiger partial charge in [-0.25, -0.2) is 0 Å². The largest absolute Gasteiger partial charge is 0.376 e. The number of rotatable bonds is 7. The van der Waals surface area contributed by atoms with Gasteiger partial charge in [0.25, 0.3) is 5.91 Å². The molecular formula is C25H31N3O3. The van der Waals surface area contributed by atoms with Gasteiger partial charge in [-0.3, -0.25) is 9.59 Å². The summed E-state index contributed by atoms with van der Waals surface area (Å²) in [4.78, 5) is 27.4. The predicted octanol–water partition coefficient (Wildman–Crippen LogP) is 2.92. The van der Waals surface area contributed by atoms with E-state index < -0.39 is 0 Å². The minimum Gasteiger partial charge on any atom is -0.376 e. The summed E-state index contributed by atoms with van der Waals surface area (Å²) < 4.78 is 5.61. The van der Waals surface area contributed by atoms with Crippen LogP contribution in [0.4, 0.5) is 5.69 Å². The first-order chi connectivity index (χ1) is 15.2. The molecule has 0 radical (unpaired) electrons. The average Bonchev–Trinajstić information content (AvgIpc) is 3.32. The summed E-state index contributed by atoms with van der Waals surface area (Å²) in [5.74, 6) is 0.0166. The highest BCUT2D eigenvalue weighted by Crippen LogP contribution is 2.24. The normalized spacial score (nSPS) is 19.2. The maximum atomic E-state index is 12.8. The molecule has 2 aromatic carbocycles. The summed E-state index contributed by atoms with van der Waals surface area (Å²) in [6.07, 6.45) is 4.35. The summed E-state index contributed by atoms with van der Waals surface area (Å²) in [6, 6.07) is 17.8. The number of carbonyl (C=O) groups excluding carboxylic acids is 2. The lowest BCUT2D eigenvalue weighted by Gasteiger charge is -2.35. The molecule has 2 saturated heterocycles. The number of piperidine rings is 1. The first-order valence-corrected chi connectivity index (χ1v) is 11.3. The van der Waals surface area contributed by atoms with Crippen LogP contribution in [0.2, 0.25) is 0 Å². The van der Waals surface area contributed by atoms with Gasteiger partial charge in [0.05, 0.1) is 18.1 Å². The number of amides is 2. The fourth-order valence-electron chi connectivity index (χ4n) is 4.37. The molecule has 2 amide bonds. The highest BCUT2D eigenvalue weighted by molar-refractivity contribution is 5.99. The standard InChI is InChI=1S/C25H31N3O3/c29-24(17-19-7-2-1-3-8-19)27-20-12-14-28(15-13-20)23-11-5-4-10-22(23)25(30)26-18-21-9-6-16-31-21/h1-5,7-8,10-11,20-21H,6,9,12-18H2,(H,26,30)(H,27,29). The lowest BCUT2D eigenvalue weighted by Crippen LogP contribution is -2.45. The van der Waals surface area contributed by atoms with Crippen molar-refractivity contribution in [2.24, 2.45) is 0 Å². The Morgan fingerprint density at radius 2 is 1.71 bits per heavy atom. The zero-order valence-electron chi connectivity index (χ0n) is 17.9. The van der Waals surface area contributed by atoms with Crippen LogP contribution < -0.4 is 15.5 Å². The van der Waals surface area contributed by atoms with Crippen molar-refractivity contribution in [3.63, 3.8) is 0 Å². The van der Waals surface area contributed by atoms with Gasteiger partial charge < -0.3 is 20.3 Å². The van der Waals surface area contributed by atoms with Crippen molar-refractivity contribution in [1.82, 2.24) is 10.6 Å². The maximum absolute atomic E-state index is 12.8. The summed E-state index contributed by atoms with van der Waals surface area (Å²) in [6.45, 7) is 2.97. The van der Waals surface area contributed by atoms with Crippen LogP contribution in [0, 0.1) is 0 Å². The highest BCUT2D eigenvalue weighted by atomic mass is 16.5. The molecule has 0 aromatic heterocycles. The molecule has 1 atom stereocenters. The van der Waals surface area contributed by atoms with E-state index in [1.165, 1.54) is 0 Å². The lowest BCUT2D eigenvalue weighted by atomic mass is 10.0. The molecule has 2 aliphatic rings. The third-order valence-corrected chi connectivity index (χ3v) is 6.07. The predicted molar refractivity (Wildman–Crippen MR) is 121 cm³/mol. The van der Waals surface area contributed by atoms with Crippen molar-refractivity contribution < 1.29 is 14.3 Å². The van der Waals surface area contributed by atoms with E-state index in [2.05, 4.69) is 15.5 Å². The van der Waals surface area contributed by atoms with Crippen molar-refractivity contribution in [2.45, 2.75) is 44.2 Å². The smallest absolute Gasteiger partial charge is 0.253 e. The van der Waals surface area contributed by atoms with Crippen LogP contribution in [0.25, 0.3) is 0 Å². The number of carbonyl (C=O) groups is 2. The topological polar surface area (TPSA) is 70.7 Å². The van der Waals surface area contributed by atoms with Crippen LogP contribution in [0.5, 0.6) is 0 Å². The van der Waals surface area contributed by atoms with Crippen molar-refractivity contribution >= 4 is 17.5 Å². The van der Waals surface area contributed by atoms with Crippen molar-refractivity contribution in [1.29, 1.82) is 0 Å². The second-order valence-corrected chi connectivity index (χ2v) is 8.35. The monoisotopic (exact) mass is 421 g/mol. The molecule has 2 N–H and O–H groups in total. The molecular weight excluding hydrogens is 390 g/mol. The Hall–Kier alpha value is -2.86. The van der Waals surface area contributed by atoms with E-state index in [-0.39, 0.29) is 24.0 Å². The van der Waals surface area contributed by atoms with Gasteiger partial charge in [0.15, 0.2) is 0 Å². The Bertz CT molecular complexity index is 873. The molecule has 164 valence electrons. The number of nitrogens with zero attached hydrogens (tertiary/aromatic N) is 1. The number of ether oxygens (including phenoxy) is 1. The third kappa shape index (κ3) is 5.85. The van der Waals surface area contributed by atoms with E-state index >= 15 is 0 Å². The molecule has 31 heavy (non-hydrogen) atoms. The van der Waals surface area contributed by atoms with E-state index in [1.54, 1.807) is 0 Å². The van der Waals surface area contributed by atoms with E-state index in [1.807, 2.05) is 54.6 Å². The minimum absolute atomic E-state index is 0.0515. The van der Waals surface area contributed by atoms with Crippen molar-refractivity contribution in [3.05, 3.63) is 65.7 Å². The summed E-state index contributed by atoms with van der Waals surface area (Å²) in [5.41, 5.74) is 2.69. The van der Waals surface area contributed by atoms with E-state index in [0.29, 0.717) is 18.5 Å². The Morgan fingerprint density at radius 3 is 2.45 bits per heavy atom. The van der Waals surface area contributed by atoms with E-state index in [4.69, 9.17) is 4.74 Å². The fraction of sp³-hybridized carbons (Fsp3) is 0.440. The third-order valence-electron chi connectivity index (χ3n) is 6.07. The van der Waals surface area contributed by atoms with Crippen LogP contribution in [0.3, 0.4) is 0 Å². The molecule has 0 spiro atoms. The van der Waals surface area contributed by atoms with Gasteiger partial charge in [0.1, 0.15) is 0 Å². The first kappa shape index (κ1) is 21.4. The molecule has 1 unspecified atom stereocenters. The molecule has 4 rings (SSSR count). The van der Waals surface area contributed by atoms with Crippen LogP contribution in [-0.2, 0) is 16.0 Å². The van der Waals surface area contributed by atoms with Gasteiger partial charge in [-0.15, -0.1) is 0 Å². The van der Waals surface area contributed by atoms with Gasteiger partial charge in [0, 0.05) is 38.0 Å².